The second-order valence-corrected chi connectivity index (χ2v) is 5.42. The molecule has 0 spiro atoms. The van der Waals surface area contributed by atoms with Crippen LogP contribution in [0.4, 0.5) is 0 Å². The minimum Gasteiger partial charge on any atom is -0.395 e. The Morgan fingerprint density at radius 2 is 2.11 bits per heavy atom. The molecule has 0 bridgehead atoms. The van der Waals surface area contributed by atoms with Crippen LogP contribution in [0.5, 0.6) is 0 Å². The van der Waals surface area contributed by atoms with Crippen LogP contribution in [0.1, 0.15) is 25.8 Å². The molecular formula is C16H22N2O. The van der Waals surface area contributed by atoms with Gasteiger partial charge in [0.15, 0.2) is 0 Å². The van der Waals surface area contributed by atoms with E-state index in [1.807, 2.05) is 18.3 Å². The molecule has 3 heteroatoms. The quantitative estimate of drug-likeness (QED) is 0.837. The van der Waals surface area contributed by atoms with Crippen LogP contribution in [-0.2, 0) is 6.54 Å². The summed E-state index contributed by atoms with van der Waals surface area (Å²) in [6.45, 7) is 5.31. The molecule has 0 saturated heterocycles. The average Bonchev–Trinajstić information content (AvgIpc) is 2.42. The highest BCUT2D eigenvalue weighted by Crippen LogP contribution is 2.13. The van der Waals surface area contributed by atoms with Crippen LogP contribution in [0.15, 0.2) is 36.5 Å². The van der Waals surface area contributed by atoms with E-state index in [1.54, 1.807) is 0 Å². The molecule has 0 amide bonds. The van der Waals surface area contributed by atoms with E-state index in [0.29, 0.717) is 5.92 Å². The van der Waals surface area contributed by atoms with Gasteiger partial charge >= 0.3 is 0 Å². The van der Waals surface area contributed by atoms with E-state index < -0.39 is 0 Å². The molecule has 2 aromatic rings. The highest BCUT2D eigenvalue weighted by molar-refractivity contribution is 5.78. The topological polar surface area (TPSA) is 45.1 Å². The Morgan fingerprint density at radius 1 is 1.26 bits per heavy atom. The van der Waals surface area contributed by atoms with Gasteiger partial charge in [-0.15, -0.1) is 0 Å². The second kappa shape index (κ2) is 6.64. The first kappa shape index (κ1) is 14.0. The standard InChI is InChI=1S/C16H22N2O/c1-12(2)8-15(11-19)18-10-13-5-6-16-14(9-13)4-3-7-17-16/h3-7,9,12,15,18-19H,8,10-11H2,1-2H3. The van der Waals surface area contributed by atoms with Crippen LogP contribution >= 0.6 is 0 Å². The molecule has 0 aliphatic rings. The minimum atomic E-state index is 0.171. The maximum Gasteiger partial charge on any atom is 0.0702 e. The first-order chi connectivity index (χ1) is 9.19. The third-order valence-electron chi connectivity index (χ3n) is 3.24. The summed E-state index contributed by atoms with van der Waals surface area (Å²) in [7, 11) is 0. The maximum absolute atomic E-state index is 9.35. The number of benzene rings is 1. The van der Waals surface area contributed by atoms with Crippen molar-refractivity contribution in [1.82, 2.24) is 10.3 Å². The third kappa shape index (κ3) is 4.01. The molecule has 0 aliphatic heterocycles. The Hall–Kier alpha value is -1.45. The summed E-state index contributed by atoms with van der Waals surface area (Å²) >= 11 is 0. The fraction of sp³-hybridized carbons (Fsp3) is 0.438. The van der Waals surface area contributed by atoms with E-state index in [-0.39, 0.29) is 12.6 Å². The summed E-state index contributed by atoms with van der Waals surface area (Å²) in [5.41, 5.74) is 2.25. The number of aliphatic hydroxyl groups is 1. The number of nitrogens with one attached hydrogen (secondary N) is 1. The van der Waals surface area contributed by atoms with E-state index in [9.17, 15) is 5.11 Å². The van der Waals surface area contributed by atoms with Gasteiger partial charge in [0.1, 0.15) is 0 Å². The van der Waals surface area contributed by atoms with Crippen molar-refractivity contribution < 1.29 is 5.11 Å². The fourth-order valence-electron chi connectivity index (χ4n) is 2.29. The Bertz CT molecular complexity index is 525. The molecule has 1 atom stereocenters. The normalized spacial score (nSPS) is 13.1. The number of rotatable bonds is 6. The smallest absolute Gasteiger partial charge is 0.0702 e. The van der Waals surface area contributed by atoms with Crippen LogP contribution in [0.3, 0.4) is 0 Å². The molecule has 0 fully saturated rings. The molecule has 1 heterocycles. The van der Waals surface area contributed by atoms with Crippen molar-refractivity contribution in [2.24, 2.45) is 5.92 Å². The van der Waals surface area contributed by atoms with E-state index in [4.69, 9.17) is 0 Å². The molecule has 19 heavy (non-hydrogen) atoms. The van der Waals surface area contributed by atoms with Gasteiger partial charge in [0, 0.05) is 24.2 Å². The van der Waals surface area contributed by atoms with E-state index in [0.717, 1.165) is 23.9 Å². The summed E-state index contributed by atoms with van der Waals surface area (Å²) < 4.78 is 0. The number of hydrogen-bond donors (Lipinski definition) is 2. The maximum atomic E-state index is 9.35. The summed E-state index contributed by atoms with van der Waals surface area (Å²) in [4.78, 5) is 4.31. The first-order valence-electron chi connectivity index (χ1n) is 6.87. The summed E-state index contributed by atoms with van der Waals surface area (Å²) in [6, 6.07) is 10.5. The van der Waals surface area contributed by atoms with Crippen LogP contribution < -0.4 is 5.32 Å². The zero-order valence-corrected chi connectivity index (χ0v) is 11.6. The summed E-state index contributed by atoms with van der Waals surface area (Å²) in [5, 5.41) is 13.9. The number of hydrogen-bond acceptors (Lipinski definition) is 3. The molecule has 0 saturated carbocycles. The highest BCUT2D eigenvalue weighted by Gasteiger charge is 2.09. The van der Waals surface area contributed by atoms with Crippen molar-refractivity contribution in [1.29, 1.82) is 0 Å². The third-order valence-corrected chi connectivity index (χ3v) is 3.24. The first-order valence-corrected chi connectivity index (χ1v) is 6.87. The van der Waals surface area contributed by atoms with Gasteiger partial charge in [-0.25, -0.2) is 0 Å². The van der Waals surface area contributed by atoms with E-state index >= 15 is 0 Å². The molecule has 3 nitrogen and oxygen atoms in total. The lowest BCUT2D eigenvalue weighted by atomic mass is 10.0. The van der Waals surface area contributed by atoms with Gasteiger partial charge in [-0.05, 0) is 36.1 Å². The second-order valence-electron chi connectivity index (χ2n) is 5.42. The molecule has 1 unspecified atom stereocenters. The molecule has 0 aliphatic carbocycles. The van der Waals surface area contributed by atoms with Crippen molar-refractivity contribution in [3.8, 4) is 0 Å². The Balaban J connectivity index is 2.00. The number of aromatic nitrogens is 1. The van der Waals surface area contributed by atoms with Crippen molar-refractivity contribution in [2.75, 3.05) is 6.61 Å². The van der Waals surface area contributed by atoms with Gasteiger partial charge < -0.3 is 10.4 Å². The van der Waals surface area contributed by atoms with Crippen molar-refractivity contribution in [3.05, 3.63) is 42.1 Å². The van der Waals surface area contributed by atoms with Gasteiger partial charge in [-0.2, -0.15) is 0 Å². The van der Waals surface area contributed by atoms with Crippen LogP contribution in [0.25, 0.3) is 10.9 Å². The van der Waals surface area contributed by atoms with Gasteiger partial charge in [0.05, 0.1) is 12.1 Å². The molecule has 102 valence electrons. The van der Waals surface area contributed by atoms with Crippen LogP contribution in [0.2, 0.25) is 0 Å². The molecule has 1 aromatic heterocycles. The van der Waals surface area contributed by atoms with E-state index in [2.05, 4.69) is 42.3 Å². The zero-order valence-electron chi connectivity index (χ0n) is 11.6. The zero-order chi connectivity index (χ0) is 13.7. The molecule has 2 rings (SSSR count). The fourth-order valence-corrected chi connectivity index (χ4v) is 2.29. The number of nitrogens with zero attached hydrogens (tertiary/aromatic N) is 1. The molecule has 2 N–H and O–H groups in total. The summed E-state index contributed by atoms with van der Waals surface area (Å²) in [5.74, 6) is 0.588. The predicted octanol–water partition coefficient (Wildman–Crippen LogP) is 2.73. The number of fused-ring (bicyclic) bond motifs is 1. The van der Waals surface area contributed by atoms with Crippen molar-refractivity contribution in [2.45, 2.75) is 32.9 Å². The van der Waals surface area contributed by atoms with Gasteiger partial charge in [-0.1, -0.05) is 26.0 Å². The van der Waals surface area contributed by atoms with E-state index in [1.165, 1.54) is 5.56 Å². The lowest BCUT2D eigenvalue weighted by Gasteiger charge is -2.18. The SMILES string of the molecule is CC(C)CC(CO)NCc1ccc2ncccc2c1. The van der Waals surface area contributed by atoms with Gasteiger partial charge in [-0.3, -0.25) is 4.98 Å². The van der Waals surface area contributed by atoms with Crippen LogP contribution in [-0.4, -0.2) is 22.7 Å². The largest absolute Gasteiger partial charge is 0.395 e. The minimum absolute atomic E-state index is 0.171. The number of pyridine rings is 1. The monoisotopic (exact) mass is 258 g/mol. The highest BCUT2D eigenvalue weighted by atomic mass is 16.3. The molecular weight excluding hydrogens is 236 g/mol. The number of aliphatic hydroxyl groups excluding tert-OH is 1. The molecule has 0 radical (unpaired) electrons. The Morgan fingerprint density at radius 3 is 2.84 bits per heavy atom. The Kier molecular flexibility index (Phi) is 4.88. The van der Waals surface area contributed by atoms with Gasteiger partial charge in [0.25, 0.3) is 0 Å². The molecule has 1 aromatic carbocycles. The Labute approximate surface area is 114 Å². The lowest BCUT2D eigenvalue weighted by molar-refractivity contribution is 0.223. The van der Waals surface area contributed by atoms with Crippen LogP contribution in [0, 0.1) is 5.92 Å². The van der Waals surface area contributed by atoms with Gasteiger partial charge in [0.2, 0.25) is 0 Å². The van der Waals surface area contributed by atoms with Crippen molar-refractivity contribution in [3.63, 3.8) is 0 Å². The van der Waals surface area contributed by atoms with Crippen molar-refractivity contribution >= 4 is 10.9 Å². The lowest BCUT2D eigenvalue weighted by Crippen LogP contribution is -2.33. The summed E-state index contributed by atoms with van der Waals surface area (Å²) in [6.07, 6.45) is 2.80. The predicted molar refractivity (Wildman–Crippen MR) is 78.9 cm³/mol. The average molecular weight is 258 g/mol.